The molecule has 116 valence electrons. The van der Waals surface area contributed by atoms with Crippen LogP contribution in [0.25, 0.3) is 0 Å². The molecule has 0 radical (unpaired) electrons. The molecule has 1 heterocycles. The number of nitrogens with zero attached hydrogens (tertiary/aromatic N) is 1. The normalized spacial score (nSPS) is 42.2. The van der Waals surface area contributed by atoms with Gasteiger partial charge in [0.25, 0.3) is 0 Å². The molecule has 0 aromatic rings. The largest absolute Gasteiger partial charge is 0.329 e. The van der Waals surface area contributed by atoms with E-state index in [1.165, 1.54) is 19.3 Å². The van der Waals surface area contributed by atoms with Crippen LogP contribution in [0.4, 0.5) is 0 Å². The molecule has 4 atom stereocenters. The fourth-order valence-electron chi connectivity index (χ4n) is 4.71. The number of nitrogens with two attached hydrogens (primary N) is 1. The van der Waals surface area contributed by atoms with E-state index in [0.29, 0.717) is 12.5 Å². The second-order valence-corrected chi connectivity index (χ2v) is 10.2. The molecule has 3 fully saturated rings. The quantitative estimate of drug-likeness (QED) is 0.847. The molecule has 20 heavy (non-hydrogen) atoms. The molecule has 2 N–H and O–H groups in total. The summed E-state index contributed by atoms with van der Waals surface area (Å²) in [4.78, 5) is 2.31. The van der Waals surface area contributed by atoms with Crippen molar-refractivity contribution < 1.29 is 8.42 Å². The highest BCUT2D eigenvalue weighted by atomic mass is 32.2. The Morgan fingerprint density at radius 3 is 2.75 bits per heavy atom. The number of rotatable bonds is 4. The maximum Gasteiger partial charge on any atom is 0.166 e. The van der Waals surface area contributed by atoms with Crippen molar-refractivity contribution in [2.24, 2.45) is 17.6 Å². The van der Waals surface area contributed by atoms with Crippen molar-refractivity contribution in [1.82, 2.24) is 4.90 Å². The third-order valence-corrected chi connectivity index (χ3v) is 9.06. The molecule has 1 saturated heterocycles. The lowest BCUT2D eigenvalue weighted by molar-refractivity contribution is 0.0378. The second kappa shape index (κ2) is 5.45. The van der Waals surface area contributed by atoms with Gasteiger partial charge in [-0.05, 0) is 31.1 Å². The van der Waals surface area contributed by atoms with E-state index >= 15 is 0 Å². The van der Waals surface area contributed by atoms with Crippen molar-refractivity contribution in [2.75, 3.05) is 30.3 Å². The van der Waals surface area contributed by atoms with Crippen LogP contribution in [-0.2, 0) is 9.84 Å². The monoisotopic (exact) mass is 318 g/mol. The van der Waals surface area contributed by atoms with Gasteiger partial charge in [0.2, 0.25) is 0 Å². The number of hydrogen-bond donors (Lipinski definition) is 1. The highest BCUT2D eigenvalue weighted by molar-refractivity contribution is 8.01. The molecule has 0 aromatic carbocycles. The van der Waals surface area contributed by atoms with Crippen LogP contribution in [-0.4, -0.2) is 54.6 Å². The third kappa shape index (κ3) is 2.23. The molecule has 3 rings (SSSR count). The first-order chi connectivity index (χ1) is 9.53. The van der Waals surface area contributed by atoms with Crippen LogP contribution in [0.15, 0.2) is 0 Å². The van der Waals surface area contributed by atoms with E-state index in [2.05, 4.69) is 4.90 Å². The predicted octanol–water partition coefficient (Wildman–Crippen LogP) is 1.31. The van der Waals surface area contributed by atoms with Gasteiger partial charge in [0, 0.05) is 35.9 Å². The Hall–Kier alpha value is 0.220. The molecular weight excluding hydrogens is 292 g/mol. The summed E-state index contributed by atoms with van der Waals surface area (Å²) in [5.74, 6) is 3.39. The molecule has 0 amide bonds. The van der Waals surface area contributed by atoms with E-state index < -0.39 is 9.84 Å². The van der Waals surface area contributed by atoms with Gasteiger partial charge in [-0.3, -0.25) is 4.90 Å². The lowest BCUT2D eigenvalue weighted by Gasteiger charge is -2.51. The SMILES string of the molecule is CCS(=O)(=O)C1CSCCN1C1(CN)CC2CCC1C2. The zero-order valence-electron chi connectivity index (χ0n) is 12.3. The lowest BCUT2D eigenvalue weighted by atomic mass is 9.79. The molecule has 3 aliphatic rings. The van der Waals surface area contributed by atoms with Gasteiger partial charge in [0.05, 0.1) is 0 Å². The fraction of sp³-hybridized carbons (Fsp3) is 1.00. The van der Waals surface area contributed by atoms with Gasteiger partial charge in [-0.25, -0.2) is 8.42 Å². The summed E-state index contributed by atoms with van der Waals surface area (Å²) in [5.41, 5.74) is 6.16. The maximum atomic E-state index is 12.5. The van der Waals surface area contributed by atoms with E-state index in [-0.39, 0.29) is 16.7 Å². The summed E-state index contributed by atoms with van der Waals surface area (Å²) in [5, 5.41) is -0.311. The van der Waals surface area contributed by atoms with E-state index in [4.69, 9.17) is 5.73 Å². The molecule has 2 bridgehead atoms. The third-order valence-electron chi connectivity index (χ3n) is 5.77. The van der Waals surface area contributed by atoms with E-state index in [0.717, 1.165) is 30.4 Å². The highest BCUT2D eigenvalue weighted by Crippen LogP contribution is 2.54. The molecule has 2 aliphatic carbocycles. The fourth-order valence-corrected chi connectivity index (χ4v) is 7.79. The molecule has 4 unspecified atom stereocenters. The van der Waals surface area contributed by atoms with E-state index in [9.17, 15) is 8.42 Å². The Morgan fingerprint density at radius 2 is 2.20 bits per heavy atom. The first-order valence-electron chi connectivity index (χ1n) is 7.79. The van der Waals surface area contributed by atoms with Crippen LogP contribution < -0.4 is 5.73 Å². The minimum atomic E-state index is -3.02. The number of fused-ring (bicyclic) bond motifs is 2. The van der Waals surface area contributed by atoms with Crippen molar-refractivity contribution >= 4 is 21.6 Å². The summed E-state index contributed by atoms with van der Waals surface area (Å²) in [6.45, 7) is 3.27. The van der Waals surface area contributed by atoms with Crippen LogP contribution in [0.3, 0.4) is 0 Å². The Kier molecular flexibility index (Phi) is 4.12. The van der Waals surface area contributed by atoms with Gasteiger partial charge in [-0.2, -0.15) is 11.8 Å². The second-order valence-electron chi connectivity index (χ2n) is 6.56. The van der Waals surface area contributed by atoms with Crippen LogP contribution in [0.5, 0.6) is 0 Å². The van der Waals surface area contributed by atoms with Crippen LogP contribution in [0.1, 0.15) is 32.6 Å². The Labute approximate surface area is 126 Å². The predicted molar refractivity (Wildman–Crippen MR) is 84.5 cm³/mol. The first-order valence-corrected chi connectivity index (χ1v) is 10.7. The summed E-state index contributed by atoms with van der Waals surface area (Å²) >= 11 is 1.78. The lowest BCUT2D eigenvalue weighted by Crippen LogP contribution is -2.64. The van der Waals surface area contributed by atoms with Crippen molar-refractivity contribution in [3.05, 3.63) is 0 Å². The van der Waals surface area contributed by atoms with Crippen molar-refractivity contribution in [2.45, 2.75) is 43.5 Å². The summed E-state index contributed by atoms with van der Waals surface area (Å²) in [6.07, 6.45) is 4.94. The van der Waals surface area contributed by atoms with Gasteiger partial charge in [-0.15, -0.1) is 0 Å². The minimum absolute atomic E-state index is 0.0309. The minimum Gasteiger partial charge on any atom is -0.329 e. The van der Waals surface area contributed by atoms with Crippen LogP contribution in [0, 0.1) is 11.8 Å². The van der Waals surface area contributed by atoms with Gasteiger partial charge >= 0.3 is 0 Å². The van der Waals surface area contributed by atoms with Crippen LogP contribution >= 0.6 is 11.8 Å². The summed E-state index contributed by atoms with van der Waals surface area (Å²) in [6, 6.07) is 0. The highest BCUT2D eigenvalue weighted by Gasteiger charge is 2.56. The molecule has 0 aromatic heterocycles. The molecular formula is C14H26N2O2S2. The zero-order chi connectivity index (χ0) is 14.4. The Balaban J connectivity index is 1.93. The van der Waals surface area contributed by atoms with Gasteiger partial charge in [0.1, 0.15) is 5.37 Å². The van der Waals surface area contributed by atoms with Gasteiger partial charge in [0.15, 0.2) is 9.84 Å². The average molecular weight is 319 g/mol. The first kappa shape index (κ1) is 15.1. The summed E-state index contributed by atoms with van der Waals surface area (Å²) in [7, 11) is -3.02. The smallest absolute Gasteiger partial charge is 0.166 e. The van der Waals surface area contributed by atoms with Gasteiger partial charge in [-0.1, -0.05) is 13.3 Å². The number of sulfone groups is 1. The molecule has 1 aliphatic heterocycles. The maximum absolute atomic E-state index is 12.5. The van der Waals surface area contributed by atoms with E-state index in [1.807, 2.05) is 0 Å². The van der Waals surface area contributed by atoms with Crippen molar-refractivity contribution in [1.29, 1.82) is 0 Å². The van der Waals surface area contributed by atoms with Crippen molar-refractivity contribution in [3.8, 4) is 0 Å². The van der Waals surface area contributed by atoms with E-state index in [1.54, 1.807) is 18.7 Å². The molecule has 0 spiro atoms. The standard InChI is InChI=1S/C14H26N2O2S2/c1-2-20(17,18)13-9-19-6-5-16(13)14(10-15)8-11-3-4-12(14)7-11/h11-13H,2-10,15H2,1H3. The number of hydrogen-bond acceptors (Lipinski definition) is 5. The van der Waals surface area contributed by atoms with Crippen LogP contribution in [0.2, 0.25) is 0 Å². The average Bonchev–Trinajstić information content (AvgIpc) is 3.08. The Morgan fingerprint density at radius 1 is 1.40 bits per heavy atom. The molecule has 6 heteroatoms. The number of thioether (sulfide) groups is 1. The molecule has 4 nitrogen and oxygen atoms in total. The van der Waals surface area contributed by atoms with Crippen molar-refractivity contribution in [3.63, 3.8) is 0 Å². The topological polar surface area (TPSA) is 63.4 Å². The van der Waals surface area contributed by atoms with Gasteiger partial charge < -0.3 is 5.73 Å². The summed E-state index contributed by atoms with van der Waals surface area (Å²) < 4.78 is 25.0. The molecule has 2 saturated carbocycles. The Bertz CT molecular complexity index is 468. The zero-order valence-corrected chi connectivity index (χ0v) is 13.9.